The van der Waals surface area contributed by atoms with E-state index in [0.29, 0.717) is 30.0 Å². The lowest BCUT2D eigenvalue weighted by Crippen LogP contribution is -2.54. The third-order valence-corrected chi connectivity index (χ3v) is 5.90. The van der Waals surface area contributed by atoms with E-state index < -0.39 is 17.8 Å². The van der Waals surface area contributed by atoms with Crippen molar-refractivity contribution in [2.75, 3.05) is 4.90 Å². The van der Waals surface area contributed by atoms with Gasteiger partial charge < -0.3 is 4.74 Å². The number of nitrogens with zero attached hydrogens (tertiary/aromatic N) is 1. The van der Waals surface area contributed by atoms with Crippen LogP contribution in [0.1, 0.15) is 34.7 Å². The molecule has 1 aliphatic rings. The molecule has 6 nitrogen and oxygen atoms in total. The second-order valence-corrected chi connectivity index (χ2v) is 8.19. The van der Waals surface area contributed by atoms with Crippen LogP contribution in [0.2, 0.25) is 0 Å². The molecule has 1 aliphatic heterocycles. The second-order valence-electron chi connectivity index (χ2n) is 8.19. The van der Waals surface area contributed by atoms with Gasteiger partial charge in [-0.25, -0.2) is 9.69 Å². The van der Waals surface area contributed by atoms with Crippen molar-refractivity contribution < 1.29 is 19.1 Å². The lowest BCUT2D eigenvalue weighted by Gasteiger charge is -2.28. The van der Waals surface area contributed by atoms with Crippen LogP contribution in [0.15, 0.2) is 72.3 Å². The number of rotatable bonds is 6. The van der Waals surface area contributed by atoms with Gasteiger partial charge in [0.05, 0.1) is 5.69 Å². The van der Waals surface area contributed by atoms with Gasteiger partial charge in [-0.15, -0.1) is 0 Å². The van der Waals surface area contributed by atoms with Gasteiger partial charge in [0, 0.05) is 5.56 Å². The highest BCUT2D eigenvalue weighted by atomic mass is 16.5. The maximum atomic E-state index is 13.3. The fourth-order valence-electron chi connectivity index (χ4n) is 3.85. The molecule has 3 aromatic rings. The molecule has 1 fully saturated rings. The van der Waals surface area contributed by atoms with Crippen LogP contribution < -0.4 is 15.0 Å². The van der Waals surface area contributed by atoms with Crippen molar-refractivity contribution in [2.24, 2.45) is 0 Å². The first-order valence-electron chi connectivity index (χ1n) is 11.2. The minimum Gasteiger partial charge on any atom is -0.488 e. The van der Waals surface area contributed by atoms with E-state index >= 15 is 0 Å². The normalized spacial score (nSPS) is 15.0. The van der Waals surface area contributed by atoms with Crippen LogP contribution >= 0.6 is 0 Å². The third-order valence-electron chi connectivity index (χ3n) is 5.90. The molecule has 4 rings (SSSR count). The minimum atomic E-state index is -0.757. The average molecular weight is 455 g/mol. The Morgan fingerprint density at radius 3 is 2.41 bits per heavy atom. The number of barbiturate groups is 1. The number of para-hydroxylation sites is 2. The molecular weight excluding hydrogens is 428 g/mol. The Labute approximate surface area is 198 Å². The van der Waals surface area contributed by atoms with Crippen LogP contribution in [-0.2, 0) is 22.6 Å². The van der Waals surface area contributed by atoms with E-state index in [-0.39, 0.29) is 5.57 Å². The van der Waals surface area contributed by atoms with Gasteiger partial charge in [-0.3, -0.25) is 14.9 Å². The molecule has 1 N–H and O–H groups in total. The standard InChI is InChI=1S/C28H26N2O4/c1-4-21-9-5-7-11-24(21)30-27(32)23(26(31)29-28(30)33)16-22-10-6-8-12-25(22)34-17-20-14-13-18(2)19(3)15-20/h5-16H,4,17H2,1-3H3,(H,29,31,33)/b23-16-. The quantitative estimate of drug-likeness (QED) is 0.415. The number of carbonyl (C=O) groups excluding carboxylic acids is 3. The van der Waals surface area contributed by atoms with E-state index in [2.05, 4.69) is 18.3 Å². The number of hydrogen-bond acceptors (Lipinski definition) is 4. The molecule has 4 amide bonds. The third kappa shape index (κ3) is 4.62. The first-order valence-corrected chi connectivity index (χ1v) is 11.2. The summed E-state index contributed by atoms with van der Waals surface area (Å²) >= 11 is 0. The van der Waals surface area contributed by atoms with Crippen LogP contribution in [0.4, 0.5) is 10.5 Å². The smallest absolute Gasteiger partial charge is 0.335 e. The number of carbonyl (C=O) groups is 3. The number of amides is 4. The number of hydrogen-bond donors (Lipinski definition) is 1. The highest BCUT2D eigenvalue weighted by Gasteiger charge is 2.37. The second kappa shape index (κ2) is 9.75. The summed E-state index contributed by atoms with van der Waals surface area (Å²) in [5.74, 6) is -0.867. The van der Waals surface area contributed by atoms with E-state index in [4.69, 9.17) is 4.74 Å². The number of aryl methyl sites for hydroxylation is 3. The molecule has 34 heavy (non-hydrogen) atoms. The van der Waals surface area contributed by atoms with Crippen LogP contribution in [-0.4, -0.2) is 17.8 Å². The number of ether oxygens (including phenoxy) is 1. The molecule has 172 valence electrons. The summed E-state index contributed by atoms with van der Waals surface area (Å²) in [6.45, 7) is 6.39. The fraction of sp³-hybridized carbons (Fsp3) is 0.179. The molecule has 0 aromatic heterocycles. The Morgan fingerprint density at radius 1 is 0.912 bits per heavy atom. The summed E-state index contributed by atoms with van der Waals surface area (Å²) < 4.78 is 6.03. The Bertz CT molecular complexity index is 1310. The van der Waals surface area contributed by atoms with Crippen LogP contribution in [0.3, 0.4) is 0 Å². The molecule has 0 bridgehead atoms. The SMILES string of the molecule is CCc1ccccc1N1C(=O)NC(=O)/C(=C/c2ccccc2OCc2ccc(C)c(C)c2)C1=O. The molecule has 0 unspecified atom stereocenters. The minimum absolute atomic E-state index is 0.132. The molecule has 0 radical (unpaired) electrons. The number of nitrogens with one attached hydrogen (secondary N) is 1. The topological polar surface area (TPSA) is 75.7 Å². The van der Waals surface area contributed by atoms with Crippen LogP contribution in [0.25, 0.3) is 6.08 Å². The maximum Gasteiger partial charge on any atom is 0.335 e. The van der Waals surface area contributed by atoms with E-state index in [9.17, 15) is 14.4 Å². The number of benzene rings is 3. The van der Waals surface area contributed by atoms with Crippen molar-refractivity contribution in [3.05, 3.63) is 100 Å². The molecule has 0 saturated carbocycles. The predicted octanol–water partition coefficient (Wildman–Crippen LogP) is 5.11. The lowest BCUT2D eigenvalue weighted by atomic mass is 10.0. The van der Waals surface area contributed by atoms with E-state index in [1.165, 1.54) is 17.2 Å². The van der Waals surface area contributed by atoms with Gasteiger partial charge in [0.15, 0.2) is 0 Å². The average Bonchev–Trinajstić information content (AvgIpc) is 2.83. The van der Waals surface area contributed by atoms with E-state index in [1.54, 1.807) is 30.3 Å². The van der Waals surface area contributed by atoms with Crippen molar-refractivity contribution in [1.82, 2.24) is 5.32 Å². The van der Waals surface area contributed by atoms with Gasteiger partial charge in [-0.05, 0) is 60.7 Å². The Balaban J connectivity index is 1.65. The maximum absolute atomic E-state index is 13.3. The molecule has 1 saturated heterocycles. The van der Waals surface area contributed by atoms with Crippen molar-refractivity contribution in [3.8, 4) is 5.75 Å². The molecule has 0 aliphatic carbocycles. The van der Waals surface area contributed by atoms with Crippen molar-refractivity contribution in [2.45, 2.75) is 33.8 Å². The summed E-state index contributed by atoms with van der Waals surface area (Å²) in [5, 5.41) is 2.29. The van der Waals surface area contributed by atoms with Crippen LogP contribution in [0, 0.1) is 13.8 Å². The van der Waals surface area contributed by atoms with Gasteiger partial charge in [-0.2, -0.15) is 0 Å². The zero-order chi connectivity index (χ0) is 24.2. The lowest BCUT2D eigenvalue weighted by molar-refractivity contribution is -0.122. The molecule has 3 aromatic carbocycles. The molecule has 6 heteroatoms. The largest absolute Gasteiger partial charge is 0.488 e. The highest BCUT2D eigenvalue weighted by Crippen LogP contribution is 2.28. The summed E-state index contributed by atoms with van der Waals surface area (Å²) in [6, 6.07) is 19.7. The predicted molar refractivity (Wildman–Crippen MR) is 132 cm³/mol. The first kappa shape index (κ1) is 23.0. The zero-order valence-electron chi connectivity index (χ0n) is 19.4. The molecular formula is C28H26N2O4. The Kier molecular flexibility index (Phi) is 6.59. The van der Waals surface area contributed by atoms with Crippen molar-refractivity contribution in [1.29, 1.82) is 0 Å². The molecule has 0 atom stereocenters. The number of urea groups is 1. The molecule has 1 heterocycles. The van der Waals surface area contributed by atoms with Gasteiger partial charge in [0.25, 0.3) is 11.8 Å². The van der Waals surface area contributed by atoms with Crippen molar-refractivity contribution in [3.63, 3.8) is 0 Å². The summed E-state index contributed by atoms with van der Waals surface area (Å²) in [4.78, 5) is 39.5. The zero-order valence-corrected chi connectivity index (χ0v) is 19.4. The Hall–Kier alpha value is -4.19. The van der Waals surface area contributed by atoms with E-state index in [0.717, 1.165) is 16.0 Å². The highest BCUT2D eigenvalue weighted by molar-refractivity contribution is 6.39. The Morgan fingerprint density at radius 2 is 1.65 bits per heavy atom. The van der Waals surface area contributed by atoms with E-state index in [1.807, 2.05) is 44.2 Å². The number of imide groups is 2. The summed E-state index contributed by atoms with van der Waals surface area (Å²) in [6.07, 6.45) is 2.11. The van der Waals surface area contributed by atoms with Gasteiger partial charge in [0.2, 0.25) is 0 Å². The molecule has 0 spiro atoms. The monoisotopic (exact) mass is 454 g/mol. The van der Waals surface area contributed by atoms with Gasteiger partial charge in [-0.1, -0.05) is 61.5 Å². The number of anilines is 1. The van der Waals surface area contributed by atoms with Gasteiger partial charge >= 0.3 is 6.03 Å². The summed E-state index contributed by atoms with van der Waals surface area (Å²) in [7, 11) is 0. The first-order chi connectivity index (χ1) is 16.4. The summed E-state index contributed by atoms with van der Waals surface area (Å²) in [5.41, 5.74) is 5.14. The van der Waals surface area contributed by atoms with Gasteiger partial charge in [0.1, 0.15) is 17.9 Å². The van der Waals surface area contributed by atoms with Crippen molar-refractivity contribution >= 4 is 29.6 Å². The van der Waals surface area contributed by atoms with Crippen LogP contribution in [0.5, 0.6) is 5.75 Å². The fourth-order valence-corrected chi connectivity index (χ4v) is 3.85.